The number of nitrogens with one attached hydrogen (secondary N) is 1. The Labute approximate surface area is 112 Å². The van der Waals surface area contributed by atoms with E-state index >= 15 is 0 Å². The van der Waals surface area contributed by atoms with Gasteiger partial charge in [0, 0.05) is 5.38 Å². The van der Waals surface area contributed by atoms with E-state index in [0.717, 1.165) is 11.3 Å². The number of aromatic nitrogens is 1. The second kappa shape index (κ2) is 7.11. The largest absolute Gasteiger partial charge is 0.445 e. The van der Waals surface area contributed by atoms with Crippen LogP contribution in [-0.4, -0.2) is 36.4 Å². The van der Waals surface area contributed by atoms with Crippen molar-refractivity contribution in [1.29, 1.82) is 0 Å². The van der Waals surface area contributed by atoms with Gasteiger partial charge in [0.25, 0.3) is 5.91 Å². The number of primary amides is 1. The molecule has 1 aromatic heterocycles. The zero-order valence-corrected chi connectivity index (χ0v) is 10.9. The van der Waals surface area contributed by atoms with E-state index in [0.29, 0.717) is 0 Å². The normalized spacial score (nSPS) is 10.7. The monoisotopic (exact) mass is 284 g/mol. The zero-order valence-electron chi connectivity index (χ0n) is 10.1. The van der Waals surface area contributed by atoms with Crippen molar-refractivity contribution in [2.24, 2.45) is 10.9 Å². The topological polar surface area (TPSA) is 116 Å². The number of hydrogen-bond acceptors (Lipinski definition) is 7. The maximum absolute atomic E-state index is 11.2. The number of nitrogens with zero attached hydrogens (tertiary/aromatic N) is 2. The highest BCUT2D eigenvalue weighted by atomic mass is 32.1. The summed E-state index contributed by atoms with van der Waals surface area (Å²) in [6, 6.07) is 0. The first-order valence-corrected chi connectivity index (χ1v) is 5.88. The minimum Gasteiger partial charge on any atom is -0.445 e. The van der Waals surface area contributed by atoms with Crippen molar-refractivity contribution >= 4 is 34.2 Å². The van der Waals surface area contributed by atoms with Crippen LogP contribution >= 0.6 is 11.3 Å². The lowest BCUT2D eigenvalue weighted by Gasteiger charge is -2.01. The van der Waals surface area contributed by atoms with Crippen LogP contribution in [0.3, 0.4) is 0 Å². The first-order valence-electron chi connectivity index (χ1n) is 5.00. The van der Waals surface area contributed by atoms with Crippen molar-refractivity contribution in [3.63, 3.8) is 0 Å². The number of carbonyl (C=O) groups excluding carboxylic acids is 2. The number of hydrogen-bond donors (Lipinski definition) is 2. The molecular formula is C10H12N4O4S. The maximum Gasteiger partial charge on any atom is 0.413 e. The minimum atomic E-state index is -0.784. The average molecular weight is 284 g/mol. The molecule has 0 aliphatic carbocycles. The molecule has 1 aromatic rings. The molecule has 2 amide bonds. The number of anilines is 1. The molecule has 0 fully saturated rings. The van der Waals surface area contributed by atoms with Crippen molar-refractivity contribution in [1.82, 2.24) is 4.98 Å². The molecule has 1 heterocycles. The molecular weight excluding hydrogens is 272 g/mol. The Morgan fingerprint density at radius 1 is 1.68 bits per heavy atom. The van der Waals surface area contributed by atoms with Gasteiger partial charge in [0.2, 0.25) is 0 Å². The molecule has 19 heavy (non-hydrogen) atoms. The fourth-order valence-corrected chi connectivity index (χ4v) is 1.69. The summed E-state index contributed by atoms with van der Waals surface area (Å²) < 4.78 is 4.71. The summed E-state index contributed by atoms with van der Waals surface area (Å²) in [4.78, 5) is 30.8. The molecule has 0 aliphatic heterocycles. The summed E-state index contributed by atoms with van der Waals surface area (Å²) in [5.74, 6) is -0.784. The van der Waals surface area contributed by atoms with Gasteiger partial charge in [-0.05, 0) is 0 Å². The Bertz CT molecular complexity index is 511. The zero-order chi connectivity index (χ0) is 14.3. The Hall–Kier alpha value is -2.42. The van der Waals surface area contributed by atoms with Gasteiger partial charge in [-0.15, -0.1) is 11.3 Å². The van der Waals surface area contributed by atoms with Gasteiger partial charge in [-0.3, -0.25) is 10.1 Å². The van der Waals surface area contributed by atoms with E-state index in [9.17, 15) is 9.59 Å². The van der Waals surface area contributed by atoms with Gasteiger partial charge in [0.05, 0.1) is 0 Å². The molecule has 9 heteroatoms. The summed E-state index contributed by atoms with van der Waals surface area (Å²) in [5, 5.41) is 7.60. The quantitative estimate of drug-likeness (QED) is 0.453. The molecule has 0 spiro atoms. The van der Waals surface area contributed by atoms with Gasteiger partial charge in [0.15, 0.2) is 10.8 Å². The van der Waals surface area contributed by atoms with E-state index in [4.69, 9.17) is 10.5 Å². The molecule has 0 saturated carbocycles. The molecule has 0 radical (unpaired) electrons. The number of nitrogens with two attached hydrogens (primary N) is 1. The Morgan fingerprint density at radius 3 is 3.00 bits per heavy atom. The smallest absolute Gasteiger partial charge is 0.413 e. The number of oxime groups is 1. The van der Waals surface area contributed by atoms with Crippen LogP contribution in [0.5, 0.6) is 0 Å². The number of ether oxygens (including phenoxy) is 1. The lowest BCUT2D eigenvalue weighted by atomic mass is 10.3. The highest BCUT2D eigenvalue weighted by molar-refractivity contribution is 7.14. The van der Waals surface area contributed by atoms with Gasteiger partial charge >= 0.3 is 6.09 Å². The number of thiazole rings is 1. The Morgan fingerprint density at radius 2 is 2.42 bits per heavy atom. The number of amides is 2. The van der Waals surface area contributed by atoms with Crippen LogP contribution in [0.1, 0.15) is 5.69 Å². The van der Waals surface area contributed by atoms with Crippen LogP contribution in [0.4, 0.5) is 9.93 Å². The van der Waals surface area contributed by atoms with E-state index < -0.39 is 12.0 Å². The summed E-state index contributed by atoms with van der Waals surface area (Å²) in [7, 11) is 1.28. The van der Waals surface area contributed by atoms with Gasteiger partial charge < -0.3 is 15.3 Å². The molecule has 0 atom stereocenters. The minimum absolute atomic E-state index is 0.0851. The lowest BCUT2D eigenvalue weighted by molar-refractivity contribution is -0.112. The molecule has 0 unspecified atom stereocenters. The van der Waals surface area contributed by atoms with Crippen molar-refractivity contribution in [3.05, 3.63) is 23.7 Å². The van der Waals surface area contributed by atoms with Crippen LogP contribution in [0.15, 0.2) is 23.2 Å². The van der Waals surface area contributed by atoms with Crippen molar-refractivity contribution < 1.29 is 19.2 Å². The maximum atomic E-state index is 11.2. The summed E-state index contributed by atoms with van der Waals surface area (Å²) in [5.41, 5.74) is 5.20. The second-order valence-electron chi connectivity index (χ2n) is 3.04. The second-order valence-corrected chi connectivity index (χ2v) is 3.89. The van der Waals surface area contributed by atoms with E-state index in [1.807, 2.05) is 0 Å². The fourth-order valence-electron chi connectivity index (χ4n) is 1.01. The van der Waals surface area contributed by atoms with E-state index in [1.54, 1.807) is 0 Å². The highest BCUT2D eigenvalue weighted by Crippen LogP contribution is 2.16. The van der Waals surface area contributed by atoms with Crippen LogP contribution in [0.2, 0.25) is 0 Å². The standard InChI is InChI=1S/C10H12N4O4S/c1-3-4-18-10(16)13-9-12-6(5-19-9)7(8(11)15)14-17-2/h3,5H,1,4H2,2H3,(H2,11,15)(H,12,13,16)/b14-7-. The van der Waals surface area contributed by atoms with Crippen LogP contribution < -0.4 is 11.1 Å². The predicted octanol–water partition coefficient (Wildman–Crippen LogP) is 0.713. The number of rotatable bonds is 6. The third kappa shape index (κ3) is 4.39. The molecule has 3 N–H and O–H groups in total. The van der Waals surface area contributed by atoms with Gasteiger partial charge in [0.1, 0.15) is 19.4 Å². The van der Waals surface area contributed by atoms with Crippen LogP contribution in [-0.2, 0) is 14.4 Å². The SMILES string of the molecule is C=CCOC(=O)Nc1nc(/C(=N/OC)C(N)=O)cs1. The molecule has 0 bridgehead atoms. The van der Waals surface area contributed by atoms with E-state index in [2.05, 4.69) is 26.9 Å². The number of carbonyl (C=O) groups is 2. The van der Waals surface area contributed by atoms with Crippen molar-refractivity contribution in [2.45, 2.75) is 0 Å². The lowest BCUT2D eigenvalue weighted by Crippen LogP contribution is -2.25. The van der Waals surface area contributed by atoms with Crippen LogP contribution in [0.25, 0.3) is 0 Å². The highest BCUT2D eigenvalue weighted by Gasteiger charge is 2.16. The van der Waals surface area contributed by atoms with Gasteiger partial charge in [-0.2, -0.15) is 0 Å². The van der Waals surface area contributed by atoms with Crippen LogP contribution in [0, 0.1) is 0 Å². The van der Waals surface area contributed by atoms with Gasteiger partial charge in [-0.25, -0.2) is 9.78 Å². The Kier molecular flexibility index (Phi) is 5.48. The first kappa shape index (κ1) is 14.6. The molecule has 0 aliphatic rings. The predicted molar refractivity (Wildman–Crippen MR) is 70.0 cm³/mol. The Balaban J connectivity index is 2.76. The van der Waals surface area contributed by atoms with E-state index in [1.165, 1.54) is 18.6 Å². The van der Waals surface area contributed by atoms with E-state index in [-0.39, 0.29) is 23.1 Å². The first-order chi connectivity index (χ1) is 9.08. The molecule has 1 rings (SSSR count). The molecule has 0 saturated heterocycles. The van der Waals surface area contributed by atoms with Gasteiger partial charge in [-0.1, -0.05) is 17.8 Å². The molecule has 0 aromatic carbocycles. The van der Waals surface area contributed by atoms with Crippen molar-refractivity contribution in [2.75, 3.05) is 19.0 Å². The average Bonchev–Trinajstić information content (AvgIpc) is 2.81. The third-order valence-electron chi connectivity index (χ3n) is 1.70. The summed E-state index contributed by atoms with van der Waals surface area (Å²) in [6.45, 7) is 3.49. The van der Waals surface area contributed by atoms with Crippen molar-refractivity contribution in [3.8, 4) is 0 Å². The molecule has 8 nitrogen and oxygen atoms in total. The fraction of sp³-hybridized carbons (Fsp3) is 0.200. The summed E-state index contributed by atoms with van der Waals surface area (Å²) in [6.07, 6.45) is 0.758. The summed E-state index contributed by atoms with van der Waals surface area (Å²) >= 11 is 1.09. The third-order valence-corrected chi connectivity index (χ3v) is 2.46. The molecule has 102 valence electrons.